The molecule has 1 aliphatic rings. The molecule has 0 unspecified atom stereocenters. The van der Waals surface area contributed by atoms with Gasteiger partial charge in [0.05, 0.1) is 5.56 Å². The van der Waals surface area contributed by atoms with Crippen LogP contribution in [0.2, 0.25) is 5.02 Å². The highest BCUT2D eigenvalue weighted by atomic mass is 35.5. The number of ether oxygens (including phenoxy) is 1. The van der Waals surface area contributed by atoms with Gasteiger partial charge in [0.1, 0.15) is 23.8 Å². The number of aromatic carboxylic acids is 1. The lowest BCUT2D eigenvalue weighted by Crippen LogP contribution is -2.24. The van der Waals surface area contributed by atoms with Crippen LogP contribution in [0, 0.1) is 0 Å². The SMILES string of the molecule is CC(C)(F)COc1ccc(Cl)cc1CN1CCc2c(C(=O)O)ccnc21. The van der Waals surface area contributed by atoms with Gasteiger partial charge in [-0.1, -0.05) is 11.6 Å². The minimum absolute atomic E-state index is 0.0698. The van der Waals surface area contributed by atoms with E-state index in [4.69, 9.17) is 16.3 Å². The summed E-state index contributed by atoms with van der Waals surface area (Å²) in [5.74, 6) is 0.257. The summed E-state index contributed by atoms with van der Waals surface area (Å²) in [5.41, 5.74) is 0.362. The van der Waals surface area contributed by atoms with E-state index >= 15 is 0 Å². The Balaban J connectivity index is 1.86. The van der Waals surface area contributed by atoms with Gasteiger partial charge in [0.15, 0.2) is 0 Å². The van der Waals surface area contributed by atoms with Crippen LogP contribution in [0.1, 0.15) is 35.3 Å². The summed E-state index contributed by atoms with van der Waals surface area (Å²) in [4.78, 5) is 17.7. The lowest BCUT2D eigenvalue weighted by molar-refractivity contribution is 0.0696. The summed E-state index contributed by atoms with van der Waals surface area (Å²) in [5, 5.41) is 9.89. The predicted molar refractivity (Wildman–Crippen MR) is 98.1 cm³/mol. The third-order valence-corrected chi connectivity index (χ3v) is 4.38. The summed E-state index contributed by atoms with van der Waals surface area (Å²) in [6.45, 7) is 3.94. The highest BCUT2D eigenvalue weighted by Crippen LogP contribution is 2.32. The van der Waals surface area contributed by atoms with Crippen LogP contribution >= 0.6 is 11.6 Å². The molecule has 2 heterocycles. The Morgan fingerprint density at radius 1 is 1.42 bits per heavy atom. The maximum Gasteiger partial charge on any atom is 0.336 e. The Morgan fingerprint density at radius 2 is 2.19 bits per heavy atom. The van der Waals surface area contributed by atoms with E-state index in [2.05, 4.69) is 4.98 Å². The number of halogens is 2. The molecule has 0 fully saturated rings. The molecule has 0 bridgehead atoms. The van der Waals surface area contributed by atoms with Gasteiger partial charge in [-0.15, -0.1) is 0 Å². The van der Waals surface area contributed by atoms with Crippen LogP contribution < -0.4 is 9.64 Å². The first-order chi connectivity index (χ1) is 12.2. The van der Waals surface area contributed by atoms with Gasteiger partial charge in [-0.05, 0) is 44.5 Å². The fourth-order valence-corrected chi connectivity index (χ4v) is 3.17. The van der Waals surface area contributed by atoms with Gasteiger partial charge < -0.3 is 14.7 Å². The number of nitrogens with zero attached hydrogens (tertiary/aromatic N) is 2. The Morgan fingerprint density at radius 3 is 2.88 bits per heavy atom. The van der Waals surface area contributed by atoms with E-state index in [1.165, 1.54) is 26.1 Å². The number of fused-ring (bicyclic) bond motifs is 1. The summed E-state index contributed by atoms with van der Waals surface area (Å²) < 4.78 is 19.4. The first-order valence-electron chi connectivity index (χ1n) is 8.31. The number of aromatic nitrogens is 1. The van der Waals surface area contributed by atoms with Gasteiger partial charge in [-0.2, -0.15) is 0 Å². The summed E-state index contributed by atoms with van der Waals surface area (Å²) in [6, 6.07) is 6.72. The Hall–Kier alpha value is -2.34. The topological polar surface area (TPSA) is 62.7 Å². The molecule has 2 aromatic rings. The summed E-state index contributed by atoms with van der Waals surface area (Å²) in [6.07, 6.45) is 2.11. The van der Waals surface area contributed by atoms with Crippen molar-refractivity contribution in [2.75, 3.05) is 18.1 Å². The highest BCUT2D eigenvalue weighted by molar-refractivity contribution is 6.30. The van der Waals surface area contributed by atoms with Crippen molar-refractivity contribution in [3.8, 4) is 5.75 Å². The second kappa shape index (κ2) is 7.11. The first kappa shape index (κ1) is 18.5. The van der Waals surface area contributed by atoms with E-state index < -0.39 is 11.6 Å². The normalized spacial score (nSPS) is 13.6. The zero-order valence-corrected chi connectivity index (χ0v) is 15.4. The molecule has 0 saturated heterocycles. The molecule has 0 spiro atoms. The van der Waals surface area contributed by atoms with Gasteiger partial charge in [-0.25, -0.2) is 14.2 Å². The molecular weight excluding hydrogens is 359 g/mol. The summed E-state index contributed by atoms with van der Waals surface area (Å²) >= 11 is 6.12. The molecule has 3 rings (SSSR count). The largest absolute Gasteiger partial charge is 0.490 e. The van der Waals surface area contributed by atoms with Gasteiger partial charge >= 0.3 is 5.97 Å². The summed E-state index contributed by atoms with van der Waals surface area (Å²) in [7, 11) is 0. The number of carboxylic acids is 1. The lowest BCUT2D eigenvalue weighted by Gasteiger charge is -2.22. The van der Waals surface area contributed by atoms with E-state index in [0.717, 1.165) is 11.1 Å². The number of anilines is 1. The van der Waals surface area contributed by atoms with E-state index in [9.17, 15) is 14.3 Å². The fourth-order valence-electron chi connectivity index (χ4n) is 2.97. The van der Waals surface area contributed by atoms with Crippen molar-refractivity contribution in [2.24, 2.45) is 0 Å². The number of alkyl halides is 1. The maximum absolute atomic E-state index is 13.8. The van der Waals surface area contributed by atoms with Crippen LogP contribution in [0.3, 0.4) is 0 Å². The molecule has 0 radical (unpaired) electrons. The minimum atomic E-state index is -1.45. The van der Waals surface area contributed by atoms with Crippen molar-refractivity contribution in [3.63, 3.8) is 0 Å². The zero-order chi connectivity index (χ0) is 18.9. The highest BCUT2D eigenvalue weighted by Gasteiger charge is 2.26. The van der Waals surface area contributed by atoms with Gasteiger partial charge in [0.25, 0.3) is 0 Å². The van der Waals surface area contributed by atoms with E-state index in [-0.39, 0.29) is 12.2 Å². The number of benzene rings is 1. The van der Waals surface area contributed by atoms with Crippen LogP contribution in [0.25, 0.3) is 0 Å². The number of pyridine rings is 1. The van der Waals surface area contributed by atoms with Crippen LogP contribution in [-0.4, -0.2) is 34.9 Å². The van der Waals surface area contributed by atoms with Crippen molar-refractivity contribution in [1.82, 2.24) is 4.98 Å². The predicted octanol–water partition coefficient (Wildman–Crippen LogP) is 4.12. The van der Waals surface area contributed by atoms with E-state index in [0.29, 0.717) is 36.1 Å². The smallest absolute Gasteiger partial charge is 0.336 e. The van der Waals surface area contributed by atoms with Crippen LogP contribution in [0.5, 0.6) is 5.75 Å². The van der Waals surface area contributed by atoms with Gasteiger partial charge in [0.2, 0.25) is 0 Å². The Labute approximate surface area is 156 Å². The number of hydrogen-bond donors (Lipinski definition) is 1. The molecule has 0 aliphatic carbocycles. The average Bonchev–Trinajstić information content (AvgIpc) is 2.96. The molecule has 1 aromatic carbocycles. The van der Waals surface area contributed by atoms with Gasteiger partial charge in [0, 0.05) is 35.4 Å². The number of carboxylic acid groups (broad SMARTS) is 1. The molecule has 1 aliphatic heterocycles. The molecule has 0 atom stereocenters. The maximum atomic E-state index is 13.8. The number of rotatable bonds is 6. The van der Waals surface area contributed by atoms with Crippen molar-refractivity contribution < 1.29 is 19.0 Å². The molecule has 5 nitrogen and oxygen atoms in total. The second-order valence-corrected chi connectivity index (χ2v) is 7.33. The number of carbonyl (C=O) groups is 1. The van der Waals surface area contributed by atoms with Crippen LogP contribution in [0.4, 0.5) is 10.2 Å². The van der Waals surface area contributed by atoms with Gasteiger partial charge in [-0.3, -0.25) is 0 Å². The standard InChI is InChI=1S/C19H20ClFN2O3/c1-19(2,21)11-26-16-4-3-13(20)9-12(16)10-23-8-6-14-15(18(24)25)5-7-22-17(14)23/h3-5,7,9H,6,8,10-11H2,1-2H3,(H,24,25). The van der Waals surface area contributed by atoms with Crippen molar-refractivity contribution in [2.45, 2.75) is 32.5 Å². The monoisotopic (exact) mass is 378 g/mol. The molecule has 1 aromatic heterocycles. The first-order valence-corrected chi connectivity index (χ1v) is 8.69. The molecule has 0 saturated carbocycles. The quantitative estimate of drug-likeness (QED) is 0.819. The third kappa shape index (κ3) is 4.07. The van der Waals surface area contributed by atoms with E-state index in [1.54, 1.807) is 18.2 Å². The molecule has 26 heavy (non-hydrogen) atoms. The van der Waals surface area contributed by atoms with Crippen LogP contribution in [-0.2, 0) is 13.0 Å². The van der Waals surface area contributed by atoms with Crippen molar-refractivity contribution in [3.05, 3.63) is 52.2 Å². The Bertz CT molecular complexity index is 836. The Kier molecular flexibility index (Phi) is 5.05. The van der Waals surface area contributed by atoms with Crippen molar-refractivity contribution in [1.29, 1.82) is 0 Å². The van der Waals surface area contributed by atoms with E-state index in [1.807, 2.05) is 4.90 Å². The fraction of sp³-hybridized carbons (Fsp3) is 0.368. The average molecular weight is 379 g/mol. The molecule has 7 heteroatoms. The molecule has 0 amide bonds. The van der Waals surface area contributed by atoms with Crippen molar-refractivity contribution >= 4 is 23.4 Å². The lowest BCUT2D eigenvalue weighted by atomic mass is 10.1. The number of hydrogen-bond acceptors (Lipinski definition) is 4. The third-order valence-electron chi connectivity index (χ3n) is 4.15. The molecule has 138 valence electrons. The minimum Gasteiger partial charge on any atom is -0.490 e. The van der Waals surface area contributed by atoms with Crippen LogP contribution in [0.15, 0.2) is 30.5 Å². The molecular formula is C19H20ClFN2O3. The zero-order valence-electron chi connectivity index (χ0n) is 14.6. The molecule has 1 N–H and O–H groups in total. The second-order valence-electron chi connectivity index (χ2n) is 6.90.